The minimum Gasteiger partial charge on any atom is -0.477 e. The Bertz CT molecular complexity index is 950. The molecule has 0 amide bonds. The van der Waals surface area contributed by atoms with E-state index in [1.54, 1.807) is 0 Å². The van der Waals surface area contributed by atoms with Gasteiger partial charge in [0, 0.05) is 12.6 Å². The zero-order chi connectivity index (χ0) is 23.5. The summed E-state index contributed by atoms with van der Waals surface area (Å²) in [5, 5.41) is 11.6. The Morgan fingerprint density at radius 1 is 1.12 bits per heavy atom. The van der Waals surface area contributed by atoms with Gasteiger partial charge < -0.3 is 19.9 Å². The van der Waals surface area contributed by atoms with Gasteiger partial charge >= 0.3 is 18.5 Å². The lowest BCUT2D eigenvalue weighted by Crippen LogP contribution is -2.29. The monoisotopic (exact) mass is 465 g/mol. The van der Waals surface area contributed by atoms with E-state index in [0.29, 0.717) is 24.8 Å². The average Bonchev–Trinajstić information content (AvgIpc) is 2.71. The highest BCUT2D eigenvalue weighted by Crippen LogP contribution is 2.33. The highest BCUT2D eigenvalue weighted by molar-refractivity contribution is 5.86. The maximum absolute atomic E-state index is 12.9. The van der Waals surface area contributed by atoms with Gasteiger partial charge in [-0.25, -0.2) is 14.8 Å². The molecule has 2 heterocycles. The Kier molecular flexibility index (Phi) is 6.77. The van der Waals surface area contributed by atoms with Crippen LogP contribution in [-0.2, 0) is 10.9 Å². The molecular weight excluding hydrogens is 448 g/mol. The minimum absolute atomic E-state index is 0.0408. The highest BCUT2D eigenvalue weighted by atomic mass is 19.4. The largest absolute Gasteiger partial charge is 0.573 e. The number of hydrogen-bond acceptors (Lipinski definition) is 6. The fourth-order valence-electron chi connectivity index (χ4n) is 3.17. The fraction of sp³-hybridized carbons (Fsp3) is 0.421. The first-order valence-electron chi connectivity index (χ1n) is 9.35. The molecule has 0 aliphatic carbocycles. The van der Waals surface area contributed by atoms with Crippen LogP contribution in [0.1, 0.15) is 47.2 Å². The van der Waals surface area contributed by atoms with Gasteiger partial charge in [-0.2, -0.15) is 13.2 Å². The molecule has 2 aromatic rings. The van der Waals surface area contributed by atoms with Crippen molar-refractivity contribution < 1.29 is 45.7 Å². The van der Waals surface area contributed by atoms with Crippen LogP contribution in [0, 0.1) is 0 Å². The van der Waals surface area contributed by atoms with Crippen LogP contribution in [0.2, 0.25) is 0 Å². The molecule has 3 rings (SSSR count). The number of hydrogen-bond donors (Lipinski definition) is 2. The number of alkyl halides is 6. The van der Waals surface area contributed by atoms with Crippen LogP contribution in [0.4, 0.5) is 32.2 Å². The number of aromatic nitrogens is 2. The van der Waals surface area contributed by atoms with Crippen molar-refractivity contribution >= 4 is 11.8 Å². The summed E-state index contributed by atoms with van der Waals surface area (Å²) in [6.45, 7) is 0.0408. The normalized spacial score (nSPS) is 19.4. The molecule has 174 valence electrons. The SMILES string of the molecule is O=C(O)c1cc(NC[C@H]2CCC[C@@H](c3ccc(OC(F)(F)F)cc3)O2)nc(C(F)(F)F)n1. The first-order valence-corrected chi connectivity index (χ1v) is 9.35. The highest BCUT2D eigenvalue weighted by Gasteiger charge is 2.36. The van der Waals surface area contributed by atoms with Crippen LogP contribution in [0.15, 0.2) is 30.3 Å². The van der Waals surface area contributed by atoms with E-state index in [-0.39, 0.29) is 18.1 Å². The molecule has 1 aliphatic heterocycles. The van der Waals surface area contributed by atoms with Crippen LogP contribution in [0.5, 0.6) is 5.75 Å². The molecule has 32 heavy (non-hydrogen) atoms. The number of halogens is 6. The average molecular weight is 465 g/mol. The van der Waals surface area contributed by atoms with E-state index in [1.165, 1.54) is 24.3 Å². The molecule has 1 aliphatic rings. The van der Waals surface area contributed by atoms with Crippen molar-refractivity contribution in [2.24, 2.45) is 0 Å². The predicted molar refractivity (Wildman–Crippen MR) is 97.1 cm³/mol. The molecule has 1 saturated heterocycles. The Labute approximate surface area is 177 Å². The van der Waals surface area contributed by atoms with Crippen LogP contribution < -0.4 is 10.1 Å². The number of carboxylic acid groups (broad SMARTS) is 1. The summed E-state index contributed by atoms with van der Waals surface area (Å²) in [6.07, 6.45) is -8.72. The van der Waals surface area contributed by atoms with E-state index in [2.05, 4.69) is 20.0 Å². The summed E-state index contributed by atoms with van der Waals surface area (Å²) < 4.78 is 85.3. The molecule has 0 spiro atoms. The number of carbonyl (C=O) groups is 1. The van der Waals surface area contributed by atoms with Crippen LogP contribution in [0.3, 0.4) is 0 Å². The van der Waals surface area contributed by atoms with Gasteiger partial charge in [0.2, 0.25) is 5.82 Å². The second-order valence-corrected chi connectivity index (χ2v) is 6.94. The van der Waals surface area contributed by atoms with E-state index in [9.17, 15) is 31.1 Å². The van der Waals surface area contributed by atoms with E-state index < -0.39 is 42.2 Å². The van der Waals surface area contributed by atoms with E-state index in [4.69, 9.17) is 9.84 Å². The number of ether oxygens (including phenoxy) is 2. The summed E-state index contributed by atoms with van der Waals surface area (Å²) in [5.74, 6) is -3.89. The topological polar surface area (TPSA) is 93.6 Å². The molecule has 1 aromatic carbocycles. The first-order chi connectivity index (χ1) is 14.9. The lowest BCUT2D eigenvalue weighted by atomic mass is 9.98. The molecule has 0 radical (unpaired) electrons. The molecule has 2 atom stereocenters. The number of anilines is 1. The van der Waals surface area contributed by atoms with Gasteiger partial charge in [0.25, 0.3) is 0 Å². The number of aromatic carboxylic acids is 1. The van der Waals surface area contributed by atoms with Crippen molar-refractivity contribution in [1.29, 1.82) is 0 Å². The number of nitrogens with one attached hydrogen (secondary N) is 1. The maximum atomic E-state index is 12.9. The lowest BCUT2D eigenvalue weighted by Gasteiger charge is -2.30. The van der Waals surface area contributed by atoms with Gasteiger partial charge in [0.05, 0.1) is 12.2 Å². The minimum atomic E-state index is -4.92. The van der Waals surface area contributed by atoms with Gasteiger partial charge in [0.1, 0.15) is 11.6 Å². The third-order valence-corrected chi connectivity index (χ3v) is 4.54. The van der Waals surface area contributed by atoms with Crippen molar-refractivity contribution in [3.05, 3.63) is 47.4 Å². The van der Waals surface area contributed by atoms with Crippen molar-refractivity contribution in [3.63, 3.8) is 0 Å². The van der Waals surface area contributed by atoms with E-state index >= 15 is 0 Å². The fourth-order valence-corrected chi connectivity index (χ4v) is 3.17. The molecule has 2 N–H and O–H groups in total. The van der Waals surface area contributed by atoms with Gasteiger partial charge in [-0.15, -0.1) is 13.2 Å². The molecule has 0 unspecified atom stereocenters. The molecule has 1 aromatic heterocycles. The third-order valence-electron chi connectivity index (χ3n) is 4.54. The van der Waals surface area contributed by atoms with E-state index in [0.717, 1.165) is 6.07 Å². The number of nitrogens with zero attached hydrogens (tertiary/aromatic N) is 2. The summed E-state index contributed by atoms with van der Waals surface area (Å²) in [5.41, 5.74) is -0.183. The van der Waals surface area contributed by atoms with Crippen molar-refractivity contribution in [2.75, 3.05) is 11.9 Å². The van der Waals surface area contributed by atoms with Crippen molar-refractivity contribution in [3.8, 4) is 5.75 Å². The number of benzene rings is 1. The van der Waals surface area contributed by atoms with Crippen LogP contribution in [-0.4, -0.2) is 40.1 Å². The zero-order valence-corrected chi connectivity index (χ0v) is 16.2. The standard InChI is InChI=1S/C19H17F6N3O4/c20-18(21,22)17-27-13(16(29)30)8-15(28-17)26-9-12-2-1-3-14(31-12)10-4-6-11(7-5-10)32-19(23,24)25/h4-8,12,14H,1-3,9H2,(H,29,30)(H,26,27,28)/t12-,14+/m1/s1. The molecular formula is C19H17F6N3O4. The molecule has 0 bridgehead atoms. The van der Waals surface area contributed by atoms with Crippen molar-refractivity contribution in [2.45, 2.75) is 44.0 Å². The third kappa shape index (κ3) is 6.45. The number of rotatable bonds is 6. The Morgan fingerprint density at radius 3 is 2.41 bits per heavy atom. The molecule has 7 nitrogen and oxygen atoms in total. The zero-order valence-electron chi connectivity index (χ0n) is 16.2. The quantitative estimate of drug-likeness (QED) is 0.591. The maximum Gasteiger partial charge on any atom is 0.573 e. The lowest BCUT2D eigenvalue weighted by molar-refractivity contribution is -0.274. The first kappa shape index (κ1) is 23.6. The Morgan fingerprint density at radius 2 is 1.81 bits per heavy atom. The molecule has 0 saturated carbocycles. The predicted octanol–water partition coefficient (Wildman–Crippen LogP) is 4.81. The van der Waals surface area contributed by atoms with Crippen molar-refractivity contribution in [1.82, 2.24) is 9.97 Å². The molecule has 1 fully saturated rings. The molecule has 13 heteroatoms. The summed E-state index contributed by atoms with van der Waals surface area (Å²) in [7, 11) is 0. The summed E-state index contributed by atoms with van der Waals surface area (Å²) in [6, 6.07) is 6.11. The Hall–Kier alpha value is -3.09. The van der Waals surface area contributed by atoms with Crippen LogP contribution >= 0.6 is 0 Å². The Balaban J connectivity index is 1.64. The second kappa shape index (κ2) is 9.18. The van der Waals surface area contributed by atoms with Gasteiger partial charge in [-0.3, -0.25) is 0 Å². The number of carboxylic acids is 1. The second-order valence-electron chi connectivity index (χ2n) is 6.94. The smallest absolute Gasteiger partial charge is 0.477 e. The van der Waals surface area contributed by atoms with Gasteiger partial charge in [-0.1, -0.05) is 12.1 Å². The van der Waals surface area contributed by atoms with Gasteiger partial charge in [0.15, 0.2) is 5.69 Å². The van der Waals surface area contributed by atoms with Crippen LogP contribution in [0.25, 0.3) is 0 Å². The van der Waals surface area contributed by atoms with Gasteiger partial charge in [-0.05, 0) is 37.0 Å². The summed E-state index contributed by atoms with van der Waals surface area (Å²) >= 11 is 0. The van der Waals surface area contributed by atoms with E-state index in [1.807, 2.05) is 0 Å². The summed E-state index contributed by atoms with van der Waals surface area (Å²) in [4.78, 5) is 17.4.